The molecule has 0 aliphatic rings. The van der Waals surface area contributed by atoms with Crippen LogP contribution < -0.4 is 38.8 Å². The lowest BCUT2D eigenvalue weighted by molar-refractivity contribution is -0.132. The maximum absolute atomic E-state index is 14.5. The van der Waals surface area contributed by atoms with E-state index in [1.54, 1.807) is 71.3 Å². The highest BCUT2D eigenvalue weighted by Crippen LogP contribution is 2.50. The van der Waals surface area contributed by atoms with E-state index in [4.69, 9.17) is 37.6 Å². The van der Waals surface area contributed by atoms with Gasteiger partial charge in [-0.05, 0) is 109 Å². The summed E-state index contributed by atoms with van der Waals surface area (Å²) in [4.78, 5) is 56.4. The van der Waals surface area contributed by atoms with Gasteiger partial charge < -0.3 is 42.0 Å². The molecule has 13 nitrogen and oxygen atoms in total. The van der Waals surface area contributed by atoms with Gasteiger partial charge in [0.25, 0.3) is 0 Å². The number of nitrogens with zero attached hydrogens (tertiary/aromatic N) is 1. The molecule has 366 valence electrons. The molecular formula is C53H38F3NO12S3. The summed E-state index contributed by atoms with van der Waals surface area (Å²) in [6.07, 6.45) is 1.61. The van der Waals surface area contributed by atoms with Crippen LogP contribution >= 0.6 is 35.3 Å². The first-order chi connectivity index (χ1) is 34.8. The second-order valence-electron chi connectivity index (χ2n) is 15.4. The van der Waals surface area contributed by atoms with Crippen LogP contribution in [0.5, 0.6) is 40.2 Å². The Bertz CT molecular complexity index is 3620. The highest BCUT2D eigenvalue weighted by atomic mass is 32.2. The van der Waals surface area contributed by atoms with E-state index < -0.39 is 41.0 Å². The van der Waals surface area contributed by atoms with Crippen LogP contribution in [0.15, 0.2) is 145 Å². The van der Waals surface area contributed by atoms with Gasteiger partial charge in [-0.2, -0.15) is 0 Å². The molecule has 0 atom stereocenters. The van der Waals surface area contributed by atoms with Gasteiger partial charge in [-0.15, -0.1) is 35.3 Å². The van der Waals surface area contributed by atoms with Gasteiger partial charge in [-0.25, -0.2) is 18.0 Å². The zero-order valence-electron chi connectivity index (χ0n) is 38.4. The summed E-state index contributed by atoms with van der Waals surface area (Å²) in [6.45, 7) is 0. The van der Waals surface area contributed by atoms with Gasteiger partial charge >= 0.3 is 23.5 Å². The van der Waals surface area contributed by atoms with Crippen LogP contribution in [-0.4, -0.2) is 68.0 Å². The summed E-state index contributed by atoms with van der Waals surface area (Å²) in [5.41, 5.74) is 0.594. The number of fused-ring (bicyclic) bond motifs is 7. The molecule has 6 aromatic carbocycles. The molecule has 3 aromatic heterocycles. The molecule has 0 bridgehead atoms. The summed E-state index contributed by atoms with van der Waals surface area (Å²) in [5.74, 6) is -3.00. The molecule has 0 radical (unpaired) electrons. The van der Waals surface area contributed by atoms with Gasteiger partial charge in [-0.1, -0.05) is 6.07 Å². The Balaban J connectivity index is 1.20. The molecular weight excluding hydrogens is 996 g/mol. The van der Waals surface area contributed by atoms with Crippen molar-refractivity contribution in [3.8, 4) is 51.4 Å². The van der Waals surface area contributed by atoms with E-state index in [0.29, 0.717) is 52.9 Å². The molecule has 9 rings (SSSR count). The second kappa shape index (κ2) is 21.3. The number of halogens is 3. The van der Waals surface area contributed by atoms with Crippen LogP contribution in [0.1, 0.15) is 0 Å². The molecule has 0 aliphatic carbocycles. The number of esters is 3. The smallest absolute Gasteiger partial charge is 0.361 e. The van der Waals surface area contributed by atoms with E-state index in [-0.39, 0.29) is 68.6 Å². The fourth-order valence-electron chi connectivity index (χ4n) is 7.92. The van der Waals surface area contributed by atoms with Crippen molar-refractivity contribution in [2.75, 3.05) is 45.7 Å². The largest absolute Gasteiger partial charge is 0.493 e. The number of carbonyl (C=O) groups is 3. The van der Waals surface area contributed by atoms with Crippen molar-refractivity contribution in [2.24, 2.45) is 0 Å². The lowest BCUT2D eigenvalue weighted by Crippen LogP contribution is -2.12. The van der Waals surface area contributed by atoms with Gasteiger partial charge in [0, 0.05) is 54.1 Å². The van der Waals surface area contributed by atoms with Gasteiger partial charge in [-0.3, -0.25) is 14.4 Å². The van der Waals surface area contributed by atoms with Gasteiger partial charge in [0.2, 0.25) is 5.75 Å². The predicted molar refractivity (Wildman–Crippen MR) is 268 cm³/mol. The third kappa shape index (κ3) is 10.2. The number of carbonyl (C=O) groups excluding carboxylic acids is 3. The molecule has 0 unspecified atom stereocenters. The number of pyridine rings is 1. The van der Waals surface area contributed by atoms with E-state index in [9.17, 15) is 32.3 Å². The molecule has 3 heterocycles. The summed E-state index contributed by atoms with van der Waals surface area (Å²) in [7, 11) is 5.60. The Morgan fingerprint density at radius 1 is 0.500 bits per heavy atom. The number of ether oxygens (including phenoxy) is 7. The zero-order valence-corrected chi connectivity index (χ0v) is 40.8. The first-order valence-electron chi connectivity index (χ1n) is 21.5. The molecule has 19 heteroatoms. The zero-order chi connectivity index (χ0) is 50.6. The number of thioether (sulfide) groups is 3. The summed E-state index contributed by atoms with van der Waals surface area (Å²) < 4.78 is 89.1. The highest BCUT2D eigenvalue weighted by molar-refractivity contribution is 8.00. The van der Waals surface area contributed by atoms with Gasteiger partial charge in [0.15, 0.2) is 34.5 Å². The normalized spacial score (nSPS) is 11.3. The van der Waals surface area contributed by atoms with Gasteiger partial charge in [0.1, 0.15) is 28.6 Å². The highest BCUT2D eigenvalue weighted by Gasteiger charge is 2.28. The SMILES string of the molecule is COc1cc(-c2c3c4cc(OC)c(OC(=O)CSc5ccc(F)cc5)cc4oc(=O)c3n3ccc4c(OC(=O)CSc5ccc(F)cc5)c(OC)c(OC)cc4c23)ccc1OC(=O)CSc1ccc(F)cc1. The van der Waals surface area contributed by atoms with E-state index in [0.717, 1.165) is 35.3 Å². The Hall–Kier alpha value is -7.74. The van der Waals surface area contributed by atoms with E-state index in [1.807, 2.05) is 0 Å². The molecule has 72 heavy (non-hydrogen) atoms. The van der Waals surface area contributed by atoms with Crippen molar-refractivity contribution >= 4 is 91.4 Å². The predicted octanol–water partition coefficient (Wildman–Crippen LogP) is 11.6. The molecule has 9 aromatic rings. The molecule has 0 spiro atoms. The molecule has 0 saturated heterocycles. The van der Waals surface area contributed by atoms with E-state index in [1.165, 1.54) is 83.0 Å². The first-order valence-corrected chi connectivity index (χ1v) is 24.5. The second-order valence-corrected chi connectivity index (χ2v) is 18.6. The molecule has 0 amide bonds. The third-order valence-electron chi connectivity index (χ3n) is 11.1. The Morgan fingerprint density at radius 2 is 1.00 bits per heavy atom. The van der Waals surface area contributed by atoms with Crippen LogP contribution in [0.3, 0.4) is 0 Å². The van der Waals surface area contributed by atoms with Crippen molar-refractivity contribution < 1.29 is 65.1 Å². The van der Waals surface area contributed by atoms with Crippen LogP contribution in [0.4, 0.5) is 13.2 Å². The Morgan fingerprint density at radius 3 is 1.53 bits per heavy atom. The lowest BCUT2D eigenvalue weighted by Gasteiger charge is -2.17. The fourth-order valence-corrected chi connectivity index (χ4v) is 9.93. The number of rotatable bonds is 17. The number of aromatic nitrogens is 1. The van der Waals surface area contributed by atoms with Crippen molar-refractivity contribution in [1.29, 1.82) is 0 Å². The maximum Gasteiger partial charge on any atom is 0.361 e. The fraction of sp³-hybridized carbons (Fsp3) is 0.132. The summed E-state index contributed by atoms with van der Waals surface area (Å²) in [6, 6.07) is 28.1. The maximum atomic E-state index is 14.5. The van der Waals surface area contributed by atoms with Crippen molar-refractivity contribution in [2.45, 2.75) is 14.7 Å². The average Bonchev–Trinajstić information content (AvgIpc) is 3.74. The number of hydrogen-bond donors (Lipinski definition) is 0. The monoisotopic (exact) mass is 1030 g/mol. The van der Waals surface area contributed by atoms with Crippen LogP contribution in [-0.2, 0) is 14.4 Å². The number of hydrogen-bond acceptors (Lipinski definition) is 15. The number of benzene rings is 6. The van der Waals surface area contributed by atoms with Crippen LogP contribution in [0.2, 0.25) is 0 Å². The molecule has 0 saturated carbocycles. The molecule has 0 aliphatic heterocycles. The minimum Gasteiger partial charge on any atom is -0.493 e. The summed E-state index contributed by atoms with van der Waals surface area (Å²) >= 11 is 3.44. The lowest BCUT2D eigenvalue weighted by atomic mass is 9.97. The first kappa shape index (κ1) is 49.2. The minimum atomic E-state index is -0.784. The molecule has 0 N–H and O–H groups in total. The standard InChI is InChI=1S/C53H38F3NO12S3/c1-62-40-21-28(5-18-38(40)66-44(58)25-70-32-12-6-29(54)7-13-32)47-48-37-23-41(63-2)42(67-45(59)26-71-33-14-8-30(55)9-15-33)24-39(37)68-53(61)50(48)57-20-19-35-36(49(47)57)22-43(64-3)52(65-4)51(35)69-46(60)27-72-34-16-10-31(56)11-17-34/h5-24H,25-27H2,1-4H3. The Kier molecular flexibility index (Phi) is 14.6. The van der Waals surface area contributed by atoms with E-state index >= 15 is 0 Å². The quantitative estimate of drug-likeness (QED) is 0.0368. The van der Waals surface area contributed by atoms with Gasteiger partial charge in [0.05, 0.1) is 51.2 Å². The van der Waals surface area contributed by atoms with Crippen molar-refractivity contribution in [3.63, 3.8) is 0 Å². The van der Waals surface area contributed by atoms with E-state index in [2.05, 4.69) is 0 Å². The van der Waals surface area contributed by atoms with Crippen LogP contribution in [0, 0.1) is 17.5 Å². The minimum absolute atomic E-state index is 0.0104. The topological polar surface area (TPSA) is 150 Å². The third-order valence-corrected chi connectivity index (χ3v) is 14.0. The van der Waals surface area contributed by atoms with Crippen LogP contribution in [0.25, 0.3) is 49.3 Å². The summed E-state index contributed by atoms with van der Waals surface area (Å²) in [5, 5.41) is 1.50. The molecule has 0 fully saturated rings. The van der Waals surface area contributed by atoms with Crippen molar-refractivity contribution in [3.05, 3.63) is 149 Å². The Labute approximate surface area is 420 Å². The average molecular weight is 1030 g/mol. The van der Waals surface area contributed by atoms with Crippen molar-refractivity contribution in [1.82, 2.24) is 4.40 Å². The number of methoxy groups -OCH3 is 4.